The highest BCUT2D eigenvalue weighted by Gasteiger charge is 2.28. The molecule has 0 bridgehead atoms. The van der Waals surface area contributed by atoms with Crippen molar-refractivity contribution in [3.63, 3.8) is 0 Å². The largest absolute Gasteiger partial charge is 0.341 e. The molecule has 8 nitrogen and oxygen atoms in total. The summed E-state index contributed by atoms with van der Waals surface area (Å²) in [5, 5.41) is 10.9. The number of aryl methyl sites for hydroxylation is 2. The molecule has 0 saturated heterocycles. The molecule has 3 rings (SSSR count). The van der Waals surface area contributed by atoms with Gasteiger partial charge in [-0.15, -0.1) is 5.10 Å². The van der Waals surface area contributed by atoms with Gasteiger partial charge < -0.3 is 10.3 Å². The average Bonchev–Trinajstić information content (AvgIpc) is 3.14. The van der Waals surface area contributed by atoms with Gasteiger partial charge in [0.1, 0.15) is 17.2 Å². The van der Waals surface area contributed by atoms with Gasteiger partial charge in [0.2, 0.25) is 0 Å². The molecule has 0 aliphatic rings. The maximum Gasteiger partial charge on any atom is 0.272 e. The maximum atomic E-state index is 12.6. The number of nitrogens with one attached hydrogen (secondary N) is 2. The number of nitrogens with zero attached hydrogens (tertiary/aromatic N) is 5. The van der Waals surface area contributed by atoms with Crippen molar-refractivity contribution in [1.29, 1.82) is 0 Å². The lowest BCUT2D eigenvalue weighted by Gasteiger charge is -2.23. The summed E-state index contributed by atoms with van der Waals surface area (Å²) in [6.07, 6.45) is 5.17. The van der Waals surface area contributed by atoms with Gasteiger partial charge in [-0.2, -0.15) is 0 Å². The number of carbonyl (C=O) groups excluding carboxylic acids is 1. The fourth-order valence-electron chi connectivity index (χ4n) is 2.36. The number of hydrogen-bond acceptors (Lipinski definition) is 5. The van der Waals surface area contributed by atoms with E-state index in [-0.39, 0.29) is 5.91 Å². The molecule has 1 amide bonds. The minimum absolute atomic E-state index is 0.269. The van der Waals surface area contributed by atoms with Crippen LogP contribution in [-0.4, -0.2) is 35.9 Å². The Balaban J connectivity index is 1.84. The molecule has 0 aliphatic heterocycles. The number of imidazole rings is 1. The topological polar surface area (TPSA) is 101 Å². The number of aromatic amines is 1. The SMILES string of the molecule is Cc1[nH]c(-c2cccnc2)nc1C(=O)NC(C)(C)c1cn(C)nn1. The first kappa shape index (κ1) is 15.9. The summed E-state index contributed by atoms with van der Waals surface area (Å²) in [6.45, 7) is 5.56. The second-order valence-corrected chi connectivity index (χ2v) is 6.16. The van der Waals surface area contributed by atoms with E-state index in [9.17, 15) is 4.79 Å². The molecule has 3 aromatic heterocycles. The third kappa shape index (κ3) is 3.03. The Morgan fingerprint density at radius 1 is 1.38 bits per heavy atom. The van der Waals surface area contributed by atoms with Crippen LogP contribution in [0.2, 0.25) is 0 Å². The van der Waals surface area contributed by atoms with E-state index in [1.54, 1.807) is 30.3 Å². The monoisotopic (exact) mass is 325 g/mol. The molecule has 0 spiro atoms. The van der Waals surface area contributed by atoms with Crippen molar-refractivity contribution in [3.8, 4) is 11.4 Å². The van der Waals surface area contributed by atoms with Gasteiger partial charge in [0.05, 0.1) is 11.7 Å². The third-order valence-electron chi connectivity index (χ3n) is 3.70. The van der Waals surface area contributed by atoms with E-state index in [4.69, 9.17) is 0 Å². The van der Waals surface area contributed by atoms with Crippen molar-refractivity contribution in [3.05, 3.63) is 47.8 Å². The zero-order valence-corrected chi connectivity index (χ0v) is 14.0. The lowest BCUT2D eigenvalue weighted by molar-refractivity contribution is 0.0905. The van der Waals surface area contributed by atoms with Gasteiger partial charge in [0.15, 0.2) is 0 Å². The van der Waals surface area contributed by atoms with E-state index < -0.39 is 5.54 Å². The van der Waals surface area contributed by atoms with E-state index in [1.165, 1.54) is 0 Å². The molecular weight excluding hydrogens is 306 g/mol. The summed E-state index contributed by atoms with van der Waals surface area (Å²) in [6, 6.07) is 3.71. The van der Waals surface area contributed by atoms with E-state index in [1.807, 2.05) is 32.9 Å². The summed E-state index contributed by atoms with van der Waals surface area (Å²) in [7, 11) is 1.78. The van der Waals surface area contributed by atoms with Crippen molar-refractivity contribution in [1.82, 2.24) is 35.3 Å². The predicted octanol–water partition coefficient (Wildman–Crippen LogP) is 1.57. The molecule has 3 heterocycles. The Morgan fingerprint density at radius 2 is 2.17 bits per heavy atom. The quantitative estimate of drug-likeness (QED) is 0.758. The van der Waals surface area contributed by atoms with Gasteiger partial charge in [-0.25, -0.2) is 4.98 Å². The third-order valence-corrected chi connectivity index (χ3v) is 3.70. The number of pyridine rings is 1. The average molecular weight is 325 g/mol. The normalized spacial score (nSPS) is 11.5. The first-order chi connectivity index (χ1) is 11.4. The minimum Gasteiger partial charge on any atom is -0.341 e. The van der Waals surface area contributed by atoms with E-state index in [2.05, 4.69) is 30.6 Å². The first-order valence-corrected chi connectivity index (χ1v) is 7.53. The van der Waals surface area contributed by atoms with Gasteiger partial charge >= 0.3 is 0 Å². The van der Waals surface area contributed by atoms with Gasteiger partial charge in [0, 0.05) is 30.7 Å². The molecule has 0 unspecified atom stereocenters. The summed E-state index contributed by atoms with van der Waals surface area (Å²) in [4.78, 5) is 24.3. The molecule has 8 heteroatoms. The van der Waals surface area contributed by atoms with Crippen molar-refractivity contribution in [2.24, 2.45) is 7.05 Å². The summed E-state index contributed by atoms with van der Waals surface area (Å²) >= 11 is 0. The highest BCUT2D eigenvalue weighted by Crippen LogP contribution is 2.20. The molecule has 0 saturated carbocycles. The molecular formula is C16H19N7O. The molecule has 0 atom stereocenters. The van der Waals surface area contributed by atoms with Crippen LogP contribution in [0, 0.1) is 6.92 Å². The standard InChI is InChI=1S/C16H19N7O/c1-10-13(19-14(18-10)11-6-5-7-17-8-11)15(24)20-16(2,3)12-9-23(4)22-21-12/h5-9H,1-4H3,(H,18,19)(H,20,24). The van der Waals surface area contributed by atoms with Crippen molar-refractivity contribution < 1.29 is 4.79 Å². The number of H-pyrrole nitrogens is 1. The van der Waals surface area contributed by atoms with Crippen LogP contribution in [0.5, 0.6) is 0 Å². The molecule has 0 aromatic carbocycles. The highest BCUT2D eigenvalue weighted by atomic mass is 16.2. The van der Waals surface area contributed by atoms with Crippen LogP contribution in [0.3, 0.4) is 0 Å². The van der Waals surface area contributed by atoms with Gasteiger partial charge in [-0.1, -0.05) is 5.21 Å². The van der Waals surface area contributed by atoms with Crippen LogP contribution in [0.4, 0.5) is 0 Å². The van der Waals surface area contributed by atoms with E-state index >= 15 is 0 Å². The molecule has 24 heavy (non-hydrogen) atoms. The first-order valence-electron chi connectivity index (χ1n) is 7.53. The van der Waals surface area contributed by atoms with E-state index in [0.717, 1.165) is 5.56 Å². The zero-order chi connectivity index (χ0) is 17.3. The highest BCUT2D eigenvalue weighted by molar-refractivity contribution is 5.94. The molecule has 0 fully saturated rings. The number of aromatic nitrogens is 6. The van der Waals surface area contributed by atoms with Crippen LogP contribution < -0.4 is 5.32 Å². The lowest BCUT2D eigenvalue weighted by atomic mass is 10.0. The Hall–Kier alpha value is -3.03. The molecule has 124 valence electrons. The van der Waals surface area contributed by atoms with Crippen molar-refractivity contribution >= 4 is 5.91 Å². The van der Waals surface area contributed by atoms with Crippen LogP contribution >= 0.6 is 0 Å². The van der Waals surface area contributed by atoms with Gasteiger partial charge in [-0.3, -0.25) is 14.5 Å². The van der Waals surface area contributed by atoms with E-state index in [0.29, 0.717) is 22.9 Å². The fourth-order valence-corrected chi connectivity index (χ4v) is 2.36. The molecule has 3 aromatic rings. The van der Waals surface area contributed by atoms with Crippen molar-refractivity contribution in [2.75, 3.05) is 0 Å². The number of rotatable bonds is 4. The molecule has 0 radical (unpaired) electrons. The predicted molar refractivity (Wildman–Crippen MR) is 88.1 cm³/mol. The smallest absolute Gasteiger partial charge is 0.272 e. The second kappa shape index (κ2) is 5.88. The van der Waals surface area contributed by atoms with Crippen molar-refractivity contribution in [2.45, 2.75) is 26.3 Å². The van der Waals surface area contributed by atoms with Crippen LogP contribution in [0.25, 0.3) is 11.4 Å². The van der Waals surface area contributed by atoms with Gasteiger partial charge in [-0.05, 0) is 32.9 Å². The summed E-state index contributed by atoms with van der Waals surface area (Å²) in [5.41, 5.74) is 1.89. The second-order valence-electron chi connectivity index (χ2n) is 6.16. The van der Waals surface area contributed by atoms with Crippen LogP contribution in [0.15, 0.2) is 30.7 Å². The fraction of sp³-hybridized carbons (Fsp3) is 0.312. The number of hydrogen-bond donors (Lipinski definition) is 2. The lowest BCUT2D eigenvalue weighted by Crippen LogP contribution is -2.41. The molecule has 2 N–H and O–H groups in total. The Kier molecular flexibility index (Phi) is 3.88. The Morgan fingerprint density at radius 3 is 2.79 bits per heavy atom. The Bertz CT molecular complexity index is 864. The maximum absolute atomic E-state index is 12.6. The number of carbonyl (C=O) groups is 1. The molecule has 0 aliphatic carbocycles. The van der Waals surface area contributed by atoms with Crippen LogP contribution in [-0.2, 0) is 12.6 Å². The van der Waals surface area contributed by atoms with Crippen LogP contribution in [0.1, 0.15) is 35.7 Å². The van der Waals surface area contributed by atoms with Gasteiger partial charge in [0.25, 0.3) is 5.91 Å². The Labute approximate surface area is 139 Å². The zero-order valence-electron chi connectivity index (χ0n) is 14.0. The summed E-state index contributed by atoms with van der Waals surface area (Å²) < 4.78 is 1.60. The summed E-state index contributed by atoms with van der Waals surface area (Å²) in [5.74, 6) is 0.345. The number of amides is 1. The minimum atomic E-state index is -0.662.